The summed E-state index contributed by atoms with van der Waals surface area (Å²) in [6.45, 7) is 0. The number of anilines is 2. The Bertz CT molecular complexity index is 657. The van der Waals surface area contributed by atoms with Crippen molar-refractivity contribution >= 4 is 37.3 Å². The Morgan fingerprint density at radius 3 is 2.33 bits per heavy atom. The molecule has 0 fully saturated rings. The molecule has 2 aromatic carbocycles. The van der Waals surface area contributed by atoms with Crippen molar-refractivity contribution in [3.05, 3.63) is 53.0 Å². The molecule has 0 aliphatic rings. The van der Waals surface area contributed by atoms with Gasteiger partial charge in [-0.3, -0.25) is 4.72 Å². The smallest absolute Gasteiger partial charge is 0.261 e. The van der Waals surface area contributed by atoms with Gasteiger partial charge >= 0.3 is 0 Å². The average molecular weight is 327 g/mol. The van der Waals surface area contributed by atoms with E-state index in [1.165, 1.54) is 12.1 Å². The Morgan fingerprint density at radius 1 is 1.06 bits per heavy atom. The molecule has 0 saturated carbocycles. The van der Waals surface area contributed by atoms with Crippen molar-refractivity contribution in [2.45, 2.75) is 4.90 Å². The van der Waals surface area contributed by atoms with Gasteiger partial charge in [0.15, 0.2) is 0 Å². The molecule has 0 spiro atoms. The number of sulfonamides is 1. The minimum atomic E-state index is -3.56. The SMILES string of the molecule is Nc1cc(NS(=O)(=O)c2ccccc2)ccc1Br. The van der Waals surface area contributed by atoms with E-state index in [2.05, 4.69) is 20.7 Å². The number of nitrogen functional groups attached to an aromatic ring is 1. The zero-order valence-corrected chi connectivity index (χ0v) is 11.7. The summed E-state index contributed by atoms with van der Waals surface area (Å²) in [6.07, 6.45) is 0. The number of hydrogen-bond donors (Lipinski definition) is 2. The topological polar surface area (TPSA) is 72.2 Å². The average Bonchev–Trinajstić information content (AvgIpc) is 2.35. The fourth-order valence-electron chi connectivity index (χ4n) is 1.42. The zero-order valence-electron chi connectivity index (χ0n) is 9.30. The fourth-order valence-corrected chi connectivity index (χ4v) is 2.74. The van der Waals surface area contributed by atoms with Crippen LogP contribution in [-0.2, 0) is 10.0 Å². The molecule has 2 rings (SSSR count). The number of halogens is 1. The summed E-state index contributed by atoms with van der Waals surface area (Å²) < 4.78 is 27.3. The molecular formula is C12H11BrN2O2S. The largest absolute Gasteiger partial charge is 0.398 e. The molecule has 18 heavy (non-hydrogen) atoms. The maximum atomic E-state index is 12.0. The Balaban J connectivity index is 2.31. The number of nitrogens with one attached hydrogen (secondary N) is 1. The van der Waals surface area contributed by atoms with Crippen LogP contribution in [0.4, 0.5) is 11.4 Å². The van der Waals surface area contributed by atoms with Gasteiger partial charge in [0.25, 0.3) is 10.0 Å². The van der Waals surface area contributed by atoms with Crippen molar-refractivity contribution in [3.63, 3.8) is 0 Å². The molecule has 2 aromatic rings. The minimum absolute atomic E-state index is 0.214. The first-order valence-electron chi connectivity index (χ1n) is 5.12. The molecular weight excluding hydrogens is 316 g/mol. The second-order valence-electron chi connectivity index (χ2n) is 3.65. The third-order valence-corrected chi connectivity index (χ3v) is 4.42. The van der Waals surface area contributed by atoms with Gasteiger partial charge in [0.1, 0.15) is 0 Å². The van der Waals surface area contributed by atoms with Crippen LogP contribution in [-0.4, -0.2) is 8.42 Å². The van der Waals surface area contributed by atoms with Crippen molar-refractivity contribution in [3.8, 4) is 0 Å². The molecule has 0 atom stereocenters. The molecule has 0 aliphatic carbocycles. The Hall–Kier alpha value is -1.53. The summed E-state index contributed by atoms with van der Waals surface area (Å²) in [5.41, 5.74) is 6.60. The first-order chi connectivity index (χ1) is 8.49. The van der Waals surface area contributed by atoms with Crippen LogP contribution in [0, 0.1) is 0 Å². The van der Waals surface area contributed by atoms with Crippen LogP contribution in [0.3, 0.4) is 0 Å². The van der Waals surface area contributed by atoms with Crippen molar-refractivity contribution in [2.24, 2.45) is 0 Å². The lowest BCUT2D eigenvalue weighted by molar-refractivity contribution is 0.601. The molecule has 0 aromatic heterocycles. The van der Waals surface area contributed by atoms with E-state index in [1.807, 2.05) is 0 Å². The highest BCUT2D eigenvalue weighted by molar-refractivity contribution is 9.10. The van der Waals surface area contributed by atoms with E-state index in [-0.39, 0.29) is 4.90 Å². The first kappa shape index (κ1) is 12.9. The van der Waals surface area contributed by atoms with E-state index in [9.17, 15) is 8.42 Å². The van der Waals surface area contributed by atoms with Crippen molar-refractivity contribution in [1.82, 2.24) is 0 Å². The van der Waals surface area contributed by atoms with Gasteiger partial charge in [0.05, 0.1) is 10.6 Å². The quantitative estimate of drug-likeness (QED) is 0.852. The molecule has 0 bridgehead atoms. The number of benzene rings is 2. The highest BCUT2D eigenvalue weighted by atomic mass is 79.9. The summed E-state index contributed by atoms with van der Waals surface area (Å²) in [4.78, 5) is 0.214. The molecule has 0 saturated heterocycles. The monoisotopic (exact) mass is 326 g/mol. The van der Waals surface area contributed by atoms with Crippen LogP contribution < -0.4 is 10.5 Å². The third kappa shape index (κ3) is 2.83. The van der Waals surface area contributed by atoms with E-state index < -0.39 is 10.0 Å². The van der Waals surface area contributed by atoms with Gasteiger partial charge in [-0.05, 0) is 46.3 Å². The van der Waals surface area contributed by atoms with Crippen molar-refractivity contribution < 1.29 is 8.42 Å². The van der Waals surface area contributed by atoms with E-state index in [0.717, 1.165) is 4.47 Å². The maximum absolute atomic E-state index is 12.0. The van der Waals surface area contributed by atoms with Gasteiger partial charge in [-0.25, -0.2) is 8.42 Å². The van der Waals surface area contributed by atoms with Gasteiger partial charge in [0, 0.05) is 10.2 Å². The van der Waals surface area contributed by atoms with Crippen molar-refractivity contribution in [1.29, 1.82) is 0 Å². The summed E-state index contributed by atoms with van der Waals surface area (Å²) in [7, 11) is -3.56. The number of rotatable bonds is 3. The predicted octanol–water partition coefficient (Wildman–Crippen LogP) is 2.83. The normalized spacial score (nSPS) is 11.2. The summed E-state index contributed by atoms with van der Waals surface area (Å²) in [5, 5.41) is 0. The zero-order chi connectivity index (χ0) is 13.2. The summed E-state index contributed by atoms with van der Waals surface area (Å²) in [5.74, 6) is 0. The molecule has 94 valence electrons. The summed E-state index contributed by atoms with van der Waals surface area (Å²) in [6, 6.07) is 13.1. The molecule has 0 aliphatic heterocycles. The van der Waals surface area contributed by atoms with Crippen LogP contribution in [0.25, 0.3) is 0 Å². The predicted molar refractivity (Wildman–Crippen MR) is 75.8 cm³/mol. The van der Waals surface area contributed by atoms with Crippen LogP contribution in [0.1, 0.15) is 0 Å². The Labute approximate surface area is 114 Å². The Kier molecular flexibility index (Phi) is 3.58. The Morgan fingerprint density at radius 2 is 1.72 bits per heavy atom. The van der Waals surface area contributed by atoms with Gasteiger partial charge < -0.3 is 5.73 Å². The van der Waals surface area contributed by atoms with Crippen LogP contribution in [0.5, 0.6) is 0 Å². The van der Waals surface area contributed by atoms with Crippen LogP contribution >= 0.6 is 15.9 Å². The van der Waals surface area contributed by atoms with E-state index in [1.54, 1.807) is 36.4 Å². The lowest BCUT2D eigenvalue weighted by atomic mass is 10.3. The lowest BCUT2D eigenvalue weighted by Gasteiger charge is -2.09. The molecule has 4 nitrogen and oxygen atoms in total. The number of hydrogen-bond acceptors (Lipinski definition) is 3. The van der Waals surface area contributed by atoms with Gasteiger partial charge in [-0.1, -0.05) is 18.2 Å². The van der Waals surface area contributed by atoms with Crippen LogP contribution in [0.15, 0.2) is 57.9 Å². The van der Waals surface area contributed by atoms with Crippen LogP contribution in [0.2, 0.25) is 0 Å². The highest BCUT2D eigenvalue weighted by Crippen LogP contribution is 2.24. The third-order valence-electron chi connectivity index (χ3n) is 2.30. The van der Waals surface area contributed by atoms with Gasteiger partial charge in [-0.15, -0.1) is 0 Å². The molecule has 0 heterocycles. The van der Waals surface area contributed by atoms with E-state index >= 15 is 0 Å². The lowest BCUT2D eigenvalue weighted by Crippen LogP contribution is -2.12. The molecule has 0 radical (unpaired) electrons. The van der Waals surface area contributed by atoms with Crippen molar-refractivity contribution in [2.75, 3.05) is 10.5 Å². The molecule has 3 N–H and O–H groups in total. The minimum Gasteiger partial charge on any atom is -0.398 e. The number of nitrogens with two attached hydrogens (primary N) is 1. The van der Waals surface area contributed by atoms with Gasteiger partial charge in [-0.2, -0.15) is 0 Å². The van der Waals surface area contributed by atoms with E-state index in [4.69, 9.17) is 5.73 Å². The molecule has 0 unspecified atom stereocenters. The fraction of sp³-hybridized carbons (Fsp3) is 0. The highest BCUT2D eigenvalue weighted by Gasteiger charge is 2.13. The maximum Gasteiger partial charge on any atom is 0.261 e. The molecule has 6 heteroatoms. The standard InChI is InChI=1S/C12H11BrN2O2S/c13-11-7-6-9(8-12(11)14)15-18(16,17)10-4-2-1-3-5-10/h1-8,15H,14H2. The molecule has 0 amide bonds. The first-order valence-corrected chi connectivity index (χ1v) is 7.39. The second-order valence-corrected chi connectivity index (χ2v) is 6.19. The second kappa shape index (κ2) is 4.99. The summed E-state index contributed by atoms with van der Waals surface area (Å²) >= 11 is 3.25. The van der Waals surface area contributed by atoms with E-state index in [0.29, 0.717) is 11.4 Å². The van der Waals surface area contributed by atoms with Gasteiger partial charge in [0.2, 0.25) is 0 Å².